The summed E-state index contributed by atoms with van der Waals surface area (Å²) in [7, 11) is -1.81. The Morgan fingerprint density at radius 2 is 2.04 bits per heavy atom. The molecule has 148 valence electrons. The lowest BCUT2D eigenvalue weighted by Gasteiger charge is -2.31. The molecule has 0 saturated heterocycles. The molecule has 1 amide bonds. The first-order chi connectivity index (χ1) is 12.9. The van der Waals surface area contributed by atoms with Crippen LogP contribution in [0.3, 0.4) is 0 Å². The molecule has 1 fully saturated rings. The number of sulfonamides is 1. The van der Waals surface area contributed by atoms with Crippen LogP contribution < -0.4 is 11.1 Å². The molecule has 1 heterocycles. The van der Waals surface area contributed by atoms with Gasteiger partial charge in [0, 0.05) is 31.6 Å². The number of hydrogen-bond donors (Lipinski definition) is 2. The number of carbonyl (C=O) groups excluding carboxylic acids is 1. The first-order valence-electron chi connectivity index (χ1n) is 9.57. The molecule has 1 saturated carbocycles. The molecule has 0 spiro atoms. The zero-order valence-corrected chi connectivity index (χ0v) is 16.5. The second-order valence-electron chi connectivity index (χ2n) is 7.37. The molecule has 0 bridgehead atoms. The van der Waals surface area contributed by atoms with Gasteiger partial charge in [-0.1, -0.05) is 25.0 Å². The van der Waals surface area contributed by atoms with Gasteiger partial charge in [-0.3, -0.25) is 4.79 Å². The Labute approximate surface area is 161 Å². The van der Waals surface area contributed by atoms with E-state index in [1.807, 2.05) is 0 Å². The van der Waals surface area contributed by atoms with Gasteiger partial charge in [-0.2, -0.15) is 8.42 Å². The number of amides is 1. The fourth-order valence-corrected chi connectivity index (χ4v) is 5.16. The van der Waals surface area contributed by atoms with Gasteiger partial charge in [0.05, 0.1) is 0 Å². The van der Waals surface area contributed by atoms with E-state index in [9.17, 15) is 13.2 Å². The number of benzene rings is 1. The van der Waals surface area contributed by atoms with Gasteiger partial charge in [0.25, 0.3) is 10.0 Å². The predicted molar refractivity (Wildman–Crippen MR) is 105 cm³/mol. The molecule has 7 nitrogen and oxygen atoms in total. The molecular weight excluding hydrogens is 364 g/mol. The van der Waals surface area contributed by atoms with E-state index < -0.39 is 10.0 Å². The minimum absolute atomic E-state index is 0.0372. The van der Waals surface area contributed by atoms with Crippen molar-refractivity contribution >= 4 is 21.8 Å². The van der Waals surface area contributed by atoms with Crippen molar-refractivity contribution in [3.05, 3.63) is 29.8 Å². The SMILES string of the molecule is CN(CCCC(=O)NC1CCCCC1CN)C1=NS(=O)(=O)c2ccccc21. The number of hydrogen-bond acceptors (Lipinski definition) is 5. The minimum Gasteiger partial charge on any atom is -0.358 e. The van der Waals surface area contributed by atoms with Crippen LogP contribution in [0.25, 0.3) is 0 Å². The van der Waals surface area contributed by atoms with Crippen LogP contribution in [0.5, 0.6) is 0 Å². The third-order valence-corrected chi connectivity index (χ3v) is 6.75. The number of amidine groups is 1. The molecule has 8 heteroatoms. The first kappa shape index (κ1) is 19.8. The monoisotopic (exact) mass is 392 g/mol. The number of fused-ring (bicyclic) bond motifs is 1. The Bertz CT molecular complexity index is 822. The summed E-state index contributed by atoms with van der Waals surface area (Å²) < 4.78 is 28.2. The lowest BCUT2D eigenvalue weighted by molar-refractivity contribution is -0.122. The van der Waals surface area contributed by atoms with E-state index in [4.69, 9.17) is 5.73 Å². The van der Waals surface area contributed by atoms with Crippen molar-refractivity contribution in [1.82, 2.24) is 10.2 Å². The lowest BCUT2D eigenvalue weighted by atomic mass is 9.84. The average molecular weight is 393 g/mol. The fraction of sp³-hybridized carbons (Fsp3) is 0.579. The zero-order valence-electron chi connectivity index (χ0n) is 15.7. The summed E-state index contributed by atoms with van der Waals surface area (Å²) in [5, 5.41) is 3.13. The Morgan fingerprint density at radius 3 is 2.81 bits per heavy atom. The van der Waals surface area contributed by atoms with Crippen molar-refractivity contribution in [2.24, 2.45) is 16.0 Å². The van der Waals surface area contributed by atoms with Crippen LogP contribution in [0.1, 0.15) is 44.1 Å². The summed E-state index contributed by atoms with van der Waals surface area (Å²) >= 11 is 0. The average Bonchev–Trinajstić information content (AvgIpc) is 2.94. The molecule has 1 aliphatic heterocycles. The fourth-order valence-electron chi connectivity index (χ4n) is 3.91. The van der Waals surface area contributed by atoms with E-state index in [2.05, 4.69) is 9.71 Å². The van der Waals surface area contributed by atoms with E-state index in [1.54, 1.807) is 36.2 Å². The van der Waals surface area contributed by atoms with Crippen LogP contribution in [-0.2, 0) is 14.8 Å². The number of nitrogens with zero attached hydrogens (tertiary/aromatic N) is 2. The Balaban J connectivity index is 1.51. The first-order valence-corrected chi connectivity index (χ1v) is 11.0. The maximum Gasteiger partial charge on any atom is 0.285 e. The Morgan fingerprint density at radius 1 is 1.30 bits per heavy atom. The number of nitrogens with one attached hydrogen (secondary N) is 1. The maximum absolute atomic E-state index is 12.3. The van der Waals surface area contributed by atoms with Crippen molar-refractivity contribution in [1.29, 1.82) is 0 Å². The third kappa shape index (κ3) is 4.50. The van der Waals surface area contributed by atoms with Crippen molar-refractivity contribution in [3.8, 4) is 0 Å². The summed E-state index contributed by atoms with van der Waals surface area (Å²) in [6.45, 7) is 1.17. The van der Waals surface area contributed by atoms with E-state index in [0.717, 1.165) is 19.3 Å². The van der Waals surface area contributed by atoms with Crippen LogP contribution in [-0.4, -0.2) is 51.2 Å². The van der Waals surface area contributed by atoms with Gasteiger partial charge in [-0.25, -0.2) is 0 Å². The molecule has 1 aromatic rings. The van der Waals surface area contributed by atoms with E-state index in [0.29, 0.717) is 43.2 Å². The molecule has 0 radical (unpaired) electrons. The molecule has 3 N–H and O–H groups in total. The van der Waals surface area contributed by atoms with Crippen molar-refractivity contribution in [3.63, 3.8) is 0 Å². The van der Waals surface area contributed by atoms with Gasteiger partial charge in [0.2, 0.25) is 5.91 Å². The minimum atomic E-state index is -3.61. The van der Waals surface area contributed by atoms with E-state index in [1.165, 1.54) is 6.42 Å². The van der Waals surface area contributed by atoms with E-state index in [-0.39, 0.29) is 16.8 Å². The molecule has 1 aliphatic carbocycles. The summed E-state index contributed by atoms with van der Waals surface area (Å²) in [5.41, 5.74) is 6.44. The summed E-state index contributed by atoms with van der Waals surface area (Å²) in [4.78, 5) is 14.3. The van der Waals surface area contributed by atoms with Gasteiger partial charge < -0.3 is 16.0 Å². The van der Waals surface area contributed by atoms with Gasteiger partial charge in [-0.15, -0.1) is 4.40 Å². The van der Waals surface area contributed by atoms with Crippen LogP contribution in [0.2, 0.25) is 0 Å². The summed E-state index contributed by atoms with van der Waals surface area (Å²) in [6, 6.07) is 7.01. The largest absolute Gasteiger partial charge is 0.358 e. The quantitative estimate of drug-likeness (QED) is 0.763. The smallest absolute Gasteiger partial charge is 0.285 e. The standard InChI is InChI=1S/C19H28N4O3S/c1-23(19-15-8-3-5-10-17(15)27(25,26)22-19)12-6-11-18(24)21-16-9-4-2-7-14(16)13-20/h3,5,8,10,14,16H,2,4,6-7,9,11-13,20H2,1H3,(H,21,24). The van der Waals surface area contributed by atoms with Crippen LogP contribution in [0, 0.1) is 5.92 Å². The van der Waals surface area contributed by atoms with Crippen molar-refractivity contribution < 1.29 is 13.2 Å². The number of nitrogens with two attached hydrogens (primary N) is 1. The molecule has 2 atom stereocenters. The van der Waals surface area contributed by atoms with Gasteiger partial charge in [0.15, 0.2) is 0 Å². The maximum atomic E-state index is 12.3. The molecule has 0 aromatic heterocycles. The second-order valence-corrected chi connectivity index (χ2v) is 8.94. The van der Waals surface area contributed by atoms with Crippen molar-refractivity contribution in [2.45, 2.75) is 49.5 Å². The summed E-state index contributed by atoms with van der Waals surface area (Å²) in [6.07, 6.45) is 5.43. The highest BCUT2D eigenvalue weighted by Gasteiger charge is 2.30. The third-order valence-electron chi connectivity index (χ3n) is 5.43. The summed E-state index contributed by atoms with van der Waals surface area (Å²) in [5.74, 6) is 0.858. The van der Waals surface area contributed by atoms with Crippen LogP contribution in [0.15, 0.2) is 33.6 Å². The molecule has 3 rings (SSSR count). The topological polar surface area (TPSA) is 105 Å². The Kier molecular flexibility index (Phi) is 6.16. The van der Waals surface area contributed by atoms with Crippen LogP contribution >= 0.6 is 0 Å². The lowest BCUT2D eigenvalue weighted by Crippen LogP contribution is -2.44. The Hall–Kier alpha value is -1.93. The predicted octanol–water partition coefficient (Wildman–Crippen LogP) is 1.48. The van der Waals surface area contributed by atoms with Gasteiger partial charge >= 0.3 is 0 Å². The highest BCUT2D eigenvalue weighted by atomic mass is 32.2. The van der Waals surface area contributed by atoms with Crippen molar-refractivity contribution in [2.75, 3.05) is 20.1 Å². The highest BCUT2D eigenvalue weighted by Crippen LogP contribution is 2.27. The molecule has 27 heavy (non-hydrogen) atoms. The molecule has 2 unspecified atom stereocenters. The van der Waals surface area contributed by atoms with Gasteiger partial charge in [-0.05, 0) is 43.9 Å². The zero-order chi connectivity index (χ0) is 19.4. The number of carbonyl (C=O) groups is 1. The van der Waals surface area contributed by atoms with Crippen LogP contribution in [0.4, 0.5) is 0 Å². The normalized spacial score (nSPS) is 23.4. The molecule has 2 aliphatic rings. The van der Waals surface area contributed by atoms with E-state index >= 15 is 0 Å². The van der Waals surface area contributed by atoms with Gasteiger partial charge in [0.1, 0.15) is 10.7 Å². The highest BCUT2D eigenvalue weighted by molar-refractivity contribution is 7.90. The molecular formula is C19H28N4O3S. The number of rotatable bonds is 6. The molecule has 1 aromatic carbocycles. The second kappa shape index (κ2) is 8.39.